The van der Waals surface area contributed by atoms with Crippen molar-refractivity contribution in [3.05, 3.63) is 48.3 Å². The smallest absolute Gasteiger partial charge is 0.227 e. The van der Waals surface area contributed by atoms with Crippen molar-refractivity contribution in [1.82, 2.24) is 19.4 Å². The molecule has 2 heterocycles. The van der Waals surface area contributed by atoms with E-state index >= 15 is 0 Å². The number of rotatable bonds is 7. The minimum absolute atomic E-state index is 0.0198. The molecule has 1 aliphatic rings. The highest BCUT2D eigenvalue weighted by molar-refractivity contribution is 5.94. The van der Waals surface area contributed by atoms with Crippen LogP contribution in [0, 0.1) is 17.7 Å². The quantitative estimate of drug-likeness (QED) is 0.560. The van der Waals surface area contributed by atoms with E-state index in [1.165, 1.54) is 12.1 Å². The van der Waals surface area contributed by atoms with Gasteiger partial charge in [-0.3, -0.25) is 9.59 Å². The summed E-state index contributed by atoms with van der Waals surface area (Å²) in [6.45, 7) is 13.2. The summed E-state index contributed by atoms with van der Waals surface area (Å²) in [5, 5.41) is 0. The standard InChI is InChI=1S/C28H42FN5O2/c1-22(2)17-28(36)34-14-6-12-31(19-23(3)4)11-5-13-33(20-24-18-25(29)7-8-26(24)34)27(35)9-15-32-16-10-30-21-32/h7-8,10,16,18,21-23H,5-6,9,11-15,17,19-20H2,1-4H3. The molecule has 0 unspecified atom stereocenters. The molecule has 0 bridgehead atoms. The minimum atomic E-state index is -0.356. The van der Waals surface area contributed by atoms with Crippen molar-refractivity contribution in [1.29, 1.82) is 0 Å². The van der Waals surface area contributed by atoms with Crippen LogP contribution in [0.3, 0.4) is 0 Å². The normalized spacial score (nSPS) is 16.1. The van der Waals surface area contributed by atoms with Crippen LogP contribution in [0.15, 0.2) is 36.9 Å². The van der Waals surface area contributed by atoms with Gasteiger partial charge in [-0.2, -0.15) is 0 Å². The van der Waals surface area contributed by atoms with Crippen LogP contribution in [0.1, 0.15) is 58.9 Å². The Morgan fingerprint density at radius 1 is 1.00 bits per heavy atom. The van der Waals surface area contributed by atoms with Gasteiger partial charge in [-0.1, -0.05) is 27.7 Å². The number of nitrogens with zero attached hydrogens (tertiary/aromatic N) is 5. The van der Waals surface area contributed by atoms with Gasteiger partial charge in [0.15, 0.2) is 0 Å². The first-order valence-electron chi connectivity index (χ1n) is 13.3. The molecular weight excluding hydrogens is 457 g/mol. The maximum atomic E-state index is 14.4. The van der Waals surface area contributed by atoms with Crippen molar-refractivity contribution < 1.29 is 14.0 Å². The average Bonchev–Trinajstić information content (AvgIpc) is 3.32. The summed E-state index contributed by atoms with van der Waals surface area (Å²) in [4.78, 5) is 36.8. The number of fused-ring (bicyclic) bond motifs is 1. The molecule has 8 heteroatoms. The lowest BCUT2D eigenvalue weighted by molar-refractivity contribution is -0.132. The van der Waals surface area contributed by atoms with Crippen LogP contribution in [0.4, 0.5) is 10.1 Å². The molecule has 0 saturated heterocycles. The topological polar surface area (TPSA) is 61.7 Å². The minimum Gasteiger partial charge on any atom is -0.338 e. The number of aromatic nitrogens is 2. The Morgan fingerprint density at radius 3 is 2.42 bits per heavy atom. The number of carbonyl (C=O) groups is 2. The Bertz CT molecular complexity index is 976. The monoisotopic (exact) mass is 499 g/mol. The first kappa shape index (κ1) is 27.8. The number of imidazole rings is 1. The average molecular weight is 500 g/mol. The van der Waals surface area contributed by atoms with E-state index in [0.29, 0.717) is 49.6 Å². The molecule has 0 aliphatic carbocycles. The summed E-state index contributed by atoms with van der Waals surface area (Å²) >= 11 is 0. The van der Waals surface area contributed by atoms with Crippen molar-refractivity contribution in [3.8, 4) is 0 Å². The van der Waals surface area contributed by atoms with E-state index in [9.17, 15) is 14.0 Å². The van der Waals surface area contributed by atoms with E-state index in [4.69, 9.17) is 0 Å². The molecule has 0 radical (unpaired) electrons. The molecule has 198 valence electrons. The number of hydrogen-bond acceptors (Lipinski definition) is 4. The van der Waals surface area contributed by atoms with E-state index in [-0.39, 0.29) is 30.1 Å². The molecular formula is C28H42FN5O2. The summed E-state index contributed by atoms with van der Waals surface area (Å²) in [6, 6.07) is 4.60. The zero-order valence-electron chi connectivity index (χ0n) is 22.3. The largest absolute Gasteiger partial charge is 0.338 e. The number of benzene rings is 1. The number of amides is 2. The fourth-order valence-electron chi connectivity index (χ4n) is 4.83. The van der Waals surface area contributed by atoms with Crippen LogP contribution in [0.25, 0.3) is 0 Å². The maximum absolute atomic E-state index is 14.4. The van der Waals surface area contributed by atoms with Gasteiger partial charge in [0.05, 0.1) is 6.33 Å². The van der Waals surface area contributed by atoms with Crippen molar-refractivity contribution in [3.63, 3.8) is 0 Å². The van der Waals surface area contributed by atoms with Crippen molar-refractivity contribution in [2.75, 3.05) is 37.6 Å². The number of halogens is 1. The Kier molecular flexibility index (Phi) is 10.5. The van der Waals surface area contributed by atoms with Crippen LogP contribution in [0.2, 0.25) is 0 Å². The molecule has 2 amide bonds. The lowest BCUT2D eigenvalue weighted by Gasteiger charge is -2.32. The van der Waals surface area contributed by atoms with Crippen molar-refractivity contribution in [2.24, 2.45) is 11.8 Å². The number of anilines is 1. The Hall–Kier alpha value is -2.74. The van der Waals surface area contributed by atoms with Crippen LogP contribution >= 0.6 is 0 Å². The maximum Gasteiger partial charge on any atom is 0.227 e. The number of aryl methyl sites for hydroxylation is 1. The Morgan fingerprint density at radius 2 is 1.75 bits per heavy atom. The highest BCUT2D eigenvalue weighted by Crippen LogP contribution is 2.26. The van der Waals surface area contributed by atoms with Crippen LogP contribution in [0.5, 0.6) is 0 Å². The Labute approximate surface area is 215 Å². The van der Waals surface area contributed by atoms with Crippen LogP contribution in [-0.4, -0.2) is 63.9 Å². The molecule has 0 fully saturated rings. The van der Waals surface area contributed by atoms with Gasteiger partial charge in [0.1, 0.15) is 5.82 Å². The summed E-state index contributed by atoms with van der Waals surface area (Å²) in [5.74, 6) is 0.468. The van der Waals surface area contributed by atoms with Crippen LogP contribution in [-0.2, 0) is 22.7 Å². The molecule has 36 heavy (non-hydrogen) atoms. The fourth-order valence-corrected chi connectivity index (χ4v) is 4.83. The van der Waals surface area contributed by atoms with Crippen molar-refractivity contribution >= 4 is 17.5 Å². The van der Waals surface area contributed by atoms with Gasteiger partial charge in [0, 0.05) is 63.6 Å². The van der Waals surface area contributed by atoms with Crippen molar-refractivity contribution in [2.45, 2.75) is 66.5 Å². The van der Waals surface area contributed by atoms with Gasteiger partial charge in [-0.05, 0) is 61.5 Å². The highest BCUT2D eigenvalue weighted by Gasteiger charge is 2.24. The van der Waals surface area contributed by atoms with Gasteiger partial charge in [-0.15, -0.1) is 0 Å². The third-order valence-corrected chi connectivity index (χ3v) is 6.46. The lowest BCUT2D eigenvalue weighted by Crippen LogP contribution is -2.40. The van der Waals surface area contributed by atoms with E-state index in [0.717, 1.165) is 32.5 Å². The summed E-state index contributed by atoms with van der Waals surface area (Å²) in [7, 11) is 0. The van der Waals surface area contributed by atoms with Gasteiger partial charge in [0.2, 0.25) is 11.8 Å². The van der Waals surface area contributed by atoms with E-state index < -0.39 is 0 Å². The van der Waals surface area contributed by atoms with Crippen LogP contribution < -0.4 is 4.90 Å². The predicted octanol–water partition coefficient (Wildman–Crippen LogP) is 4.57. The molecule has 7 nitrogen and oxygen atoms in total. The van der Waals surface area contributed by atoms with Gasteiger partial charge in [-0.25, -0.2) is 9.37 Å². The zero-order chi connectivity index (χ0) is 26.1. The van der Waals surface area contributed by atoms with Gasteiger partial charge in [0.25, 0.3) is 0 Å². The third kappa shape index (κ3) is 8.43. The van der Waals surface area contributed by atoms with E-state index in [1.54, 1.807) is 18.6 Å². The summed E-state index contributed by atoms with van der Waals surface area (Å²) in [6.07, 6.45) is 7.72. The first-order chi connectivity index (χ1) is 17.2. The zero-order valence-corrected chi connectivity index (χ0v) is 22.3. The molecule has 1 aliphatic heterocycles. The second-order valence-electron chi connectivity index (χ2n) is 10.7. The molecule has 0 saturated carbocycles. The van der Waals surface area contributed by atoms with Gasteiger partial charge < -0.3 is 19.3 Å². The van der Waals surface area contributed by atoms with E-state index in [1.807, 2.05) is 34.4 Å². The molecule has 0 N–H and O–H groups in total. The number of hydrogen-bond donors (Lipinski definition) is 0. The van der Waals surface area contributed by atoms with Gasteiger partial charge >= 0.3 is 0 Å². The molecule has 0 spiro atoms. The molecule has 2 aromatic rings. The lowest BCUT2D eigenvalue weighted by atomic mass is 10.1. The first-order valence-corrected chi connectivity index (χ1v) is 13.3. The highest BCUT2D eigenvalue weighted by atomic mass is 19.1. The second kappa shape index (κ2) is 13.5. The second-order valence-corrected chi connectivity index (χ2v) is 10.7. The molecule has 1 aromatic carbocycles. The SMILES string of the molecule is CC(C)CC(=O)N1CCCN(CC(C)C)CCCN(C(=O)CCn2ccnc2)Cc2cc(F)ccc21. The molecule has 0 atom stereocenters. The fraction of sp³-hybridized carbons (Fsp3) is 0.607. The number of carbonyl (C=O) groups excluding carboxylic acids is 2. The summed E-state index contributed by atoms with van der Waals surface area (Å²) in [5.41, 5.74) is 1.40. The van der Waals surface area contributed by atoms with E-state index in [2.05, 4.69) is 23.7 Å². The molecule has 1 aromatic heterocycles. The Balaban J connectivity index is 1.90. The molecule has 3 rings (SSSR count). The summed E-state index contributed by atoms with van der Waals surface area (Å²) < 4.78 is 16.3. The third-order valence-electron chi connectivity index (χ3n) is 6.46. The predicted molar refractivity (Wildman–Crippen MR) is 141 cm³/mol.